The van der Waals surface area contributed by atoms with Gasteiger partial charge in [-0.2, -0.15) is 4.98 Å². The lowest BCUT2D eigenvalue weighted by Gasteiger charge is -2.00. The van der Waals surface area contributed by atoms with Crippen LogP contribution in [0.5, 0.6) is 5.75 Å². The third kappa shape index (κ3) is 3.00. The van der Waals surface area contributed by atoms with Crippen molar-refractivity contribution in [1.82, 2.24) is 10.1 Å². The van der Waals surface area contributed by atoms with Crippen molar-refractivity contribution in [2.75, 3.05) is 12.4 Å². The Morgan fingerprint density at radius 1 is 1.14 bits per heavy atom. The SMILES string of the molecule is COc1cccc(-c2noc(Nc3ccc(F)cc3)n2)c1. The van der Waals surface area contributed by atoms with Crippen LogP contribution in [0.4, 0.5) is 16.1 Å². The molecule has 1 heterocycles. The van der Waals surface area contributed by atoms with E-state index in [1.807, 2.05) is 24.3 Å². The molecule has 0 bridgehead atoms. The number of nitrogens with zero attached hydrogens (tertiary/aromatic N) is 2. The van der Waals surface area contributed by atoms with Gasteiger partial charge in [-0.3, -0.25) is 0 Å². The van der Waals surface area contributed by atoms with Gasteiger partial charge in [-0.05, 0) is 36.4 Å². The van der Waals surface area contributed by atoms with Crippen LogP contribution in [-0.4, -0.2) is 17.3 Å². The maximum atomic E-state index is 12.8. The number of hydrogen-bond acceptors (Lipinski definition) is 5. The summed E-state index contributed by atoms with van der Waals surface area (Å²) in [6.07, 6.45) is 0. The Balaban J connectivity index is 1.81. The second-order valence-electron chi connectivity index (χ2n) is 4.29. The molecule has 0 saturated carbocycles. The summed E-state index contributed by atoms with van der Waals surface area (Å²) in [5, 5.41) is 6.81. The van der Waals surface area contributed by atoms with E-state index < -0.39 is 0 Å². The Morgan fingerprint density at radius 3 is 2.71 bits per heavy atom. The van der Waals surface area contributed by atoms with Gasteiger partial charge in [0, 0.05) is 11.3 Å². The number of hydrogen-bond donors (Lipinski definition) is 1. The lowest BCUT2D eigenvalue weighted by molar-refractivity contribution is 0.414. The van der Waals surface area contributed by atoms with E-state index in [0.29, 0.717) is 17.3 Å². The van der Waals surface area contributed by atoms with E-state index in [0.717, 1.165) is 5.56 Å². The van der Waals surface area contributed by atoms with E-state index in [1.54, 1.807) is 19.2 Å². The van der Waals surface area contributed by atoms with Gasteiger partial charge in [0.1, 0.15) is 11.6 Å². The highest BCUT2D eigenvalue weighted by molar-refractivity contribution is 5.59. The van der Waals surface area contributed by atoms with Crippen molar-refractivity contribution in [3.8, 4) is 17.1 Å². The maximum Gasteiger partial charge on any atom is 0.326 e. The molecule has 6 heteroatoms. The number of ether oxygens (including phenoxy) is 1. The molecular formula is C15H12FN3O2. The van der Waals surface area contributed by atoms with Gasteiger partial charge in [0.15, 0.2) is 0 Å². The largest absolute Gasteiger partial charge is 0.497 e. The van der Waals surface area contributed by atoms with Crippen LogP contribution in [-0.2, 0) is 0 Å². The minimum absolute atomic E-state index is 0.236. The van der Waals surface area contributed by atoms with Gasteiger partial charge >= 0.3 is 6.01 Å². The van der Waals surface area contributed by atoms with Gasteiger partial charge in [0.05, 0.1) is 7.11 Å². The summed E-state index contributed by atoms with van der Waals surface area (Å²) < 4.78 is 23.1. The molecule has 0 radical (unpaired) electrons. The van der Waals surface area contributed by atoms with Crippen molar-refractivity contribution < 1.29 is 13.7 Å². The number of aromatic nitrogens is 2. The molecule has 5 nitrogen and oxygen atoms in total. The molecule has 0 unspecified atom stereocenters. The lowest BCUT2D eigenvalue weighted by Crippen LogP contribution is -1.90. The van der Waals surface area contributed by atoms with Crippen molar-refractivity contribution in [2.45, 2.75) is 0 Å². The van der Waals surface area contributed by atoms with E-state index in [-0.39, 0.29) is 11.8 Å². The van der Waals surface area contributed by atoms with Gasteiger partial charge in [-0.25, -0.2) is 4.39 Å². The van der Waals surface area contributed by atoms with Crippen LogP contribution in [0, 0.1) is 5.82 Å². The lowest BCUT2D eigenvalue weighted by atomic mass is 10.2. The fraction of sp³-hybridized carbons (Fsp3) is 0.0667. The summed E-state index contributed by atoms with van der Waals surface area (Å²) in [5.41, 5.74) is 1.45. The Bertz CT molecular complexity index is 741. The summed E-state index contributed by atoms with van der Waals surface area (Å²) in [4.78, 5) is 4.24. The molecule has 0 aliphatic heterocycles. The molecule has 3 rings (SSSR count). The van der Waals surface area contributed by atoms with Gasteiger partial charge < -0.3 is 14.6 Å². The van der Waals surface area contributed by atoms with Gasteiger partial charge in [-0.1, -0.05) is 17.3 Å². The summed E-state index contributed by atoms with van der Waals surface area (Å²) in [6, 6.07) is 13.5. The smallest absolute Gasteiger partial charge is 0.326 e. The van der Waals surface area contributed by atoms with E-state index in [1.165, 1.54) is 12.1 Å². The number of halogens is 1. The fourth-order valence-electron chi connectivity index (χ4n) is 1.81. The molecule has 0 saturated heterocycles. The zero-order valence-electron chi connectivity index (χ0n) is 11.2. The van der Waals surface area contributed by atoms with Crippen LogP contribution in [0.3, 0.4) is 0 Å². The summed E-state index contributed by atoms with van der Waals surface area (Å²) >= 11 is 0. The molecule has 0 aliphatic rings. The molecule has 0 atom stereocenters. The molecule has 0 aliphatic carbocycles. The zero-order chi connectivity index (χ0) is 14.7. The van der Waals surface area contributed by atoms with Crippen molar-refractivity contribution >= 4 is 11.7 Å². The van der Waals surface area contributed by atoms with Crippen LogP contribution in [0.2, 0.25) is 0 Å². The van der Waals surface area contributed by atoms with Gasteiger partial charge in [0.2, 0.25) is 5.82 Å². The monoisotopic (exact) mass is 285 g/mol. The highest BCUT2D eigenvalue weighted by Crippen LogP contribution is 2.23. The molecule has 21 heavy (non-hydrogen) atoms. The second kappa shape index (κ2) is 5.62. The quantitative estimate of drug-likeness (QED) is 0.793. The zero-order valence-corrected chi connectivity index (χ0v) is 11.2. The Kier molecular flexibility index (Phi) is 3.51. The predicted octanol–water partition coefficient (Wildman–Crippen LogP) is 3.63. The summed E-state index contributed by atoms with van der Waals surface area (Å²) in [7, 11) is 1.59. The van der Waals surface area contributed by atoms with Crippen molar-refractivity contribution in [3.05, 3.63) is 54.3 Å². The predicted molar refractivity (Wildman–Crippen MR) is 76.0 cm³/mol. The minimum Gasteiger partial charge on any atom is -0.497 e. The van der Waals surface area contributed by atoms with Crippen molar-refractivity contribution in [3.63, 3.8) is 0 Å². The third-order valence-electron chi connectivity index (χ3n) is 2.85. The van der Waals surface area contributed by atoms with Gasteiger partial charge in [-0.15, -0.1) is 0 Å². The highest BCUT2D eigenvalue weighted by atomic mass is 19.1. The summed E-state index contributed by atoms with van der Waals surface area (Å²) in [6.45, 7) is 0. The molecule has 3 aromatic rings. The third-order valence-corrected chi connectivity index (χ3v) is 2.85. The van der Waals surface area contributed by atoms with Crippen molar-refractivity contribution in [1.29, 1.82) is 0 Å². The van der Waals surface area contributed by atoms with Crippen LogP contribution < -0.4 is 10.1 Å². The maximum absolute atomic E-state index is 12.8. The molecular weight excluding hydrogens is 273 g/mol. The summed E-state index contributed by atoms with van der Waals surface area (Å²) in [5.74, 6) is 0.854. The van der Waals surface area contributed by atoms with Crippen LogP contribution >= 0.6 is 0 Å². The number of anilines is 2. The molecule has 0 fully saturated rings. The molecule has 2 aromatic carbocycles. The number of benzene rings is 2. The molecule has 1 N–H and O–H groups in total. The number of methoxy groups -OCH3 is 1. The Labute approximate surface area is 120 Å². The van der Waals surface area contributed by atoms with E-state index in [4.69, 9.17) is 9.26 Å². The molecule has 106 valence electrons. The standard InChI is InChI=1S/C15H12FN3O2/c1-20-13-4-2-3-10(9-13)14-18-15(21-19-14)17-12-7-5-11(16)6-8-12/h2-9H,1H3,(H,17,18,19). The van der Waals surface area contributed by atoms with Crippen LogP contribution in [0.25, 0.3) is 11.4 Å². The second-order valence-corrected chi connectivity index (χ2v) is 4.29. The highest BCUT2D eigenvalue weighted by Gasteiger charge is 2.09. The molecule has 0 spiro atoms. The first kappa shape index (κ1) is 13.1. The van der Waals surface area contributed by atoms with Crippen LogP contribution in [0.1, 0.15) is 0 Å². The number of rotatable bonds is 4. The average molecular weight is 285 g/mol. The normalized spacial score (nSPS) is 10.4. The van der Waals surface area contributed by atoms with E-state index in [9.17, 15) is 4.39 Å². The molecule has 0 amide bonds. The first-order valence-corrected chi connectivity index (χ1v) is 6.25. The first-order valence-electron chi connectivity index (χ1n) is 6.25. The Hall–Kier alpha value is -2.89. The van der Waals surface area contributed by atoms with Gasteiger partial charge in [0.25, 0.3) is 0 Å². The molecule has 1 aromatic heterocycles. The topological polar surface area (TPSA) is 60.2 Å². The van der Waals surface area contributed by atoms with E-state index in [2.05, 4.69) is 15.5 Å². The van der Waals surface area contributed by atoms with E-state index >= 15 is 0 Å². The Morgan fingerprint density at radius 2 is 1.95 bits per heavy atom. The minimum atomic E-state index is -0.303. The first-order chi connectivity index (χ1) is 10.2. The fourth-order valence-corrected chi connectivity index (χ4v) is 1.81. The number of nitrogens with one attached hydrogen (secondary N) is 1. The average Bonchev–Trinajstić information content (AvgIpc) is 2.98. The van der Waals surface area contributed by atoms with Crippen molar-refractivity contribution in [2.24, 2.45) is 0 Å². The van der Waals surface area contributed by atoms with Crippen LogP contribution in [0.15, 0.2) is 53.1 Å².